The Morgan fingerprint density at radius 3 is 2.64 bits per heavy atom. The molecular formula is C19H21N3O5S. The number of ether oxygens (including phenoxy) is 2. The van der Waals surface area contributed by atoms with E-state index in [-0.39, 0.29) is 24.8 Å². The van der Waals surface area contributed by atoms with E-state index in [0.29, 0.717) is 25.5 Å². The van der Waals surface area contributed by atoms with E-state index in [2.05, 4.69) is 10.4 Å². The second kappa shape index (κ2) is 9.75. The molecule has 3 aromatic rings. The smallest absolute Gasteiger partial charge is 0.437 e. The summed E-state index contributed by atoms with van der Waals surface area (Å²) in [6, 6.07) is 11.0. The molecule has 148 valence electrons. The minimum Gasteiger partial charge on any atom is -0.494 e. The van der Waals surface area contributed by atoms with Crippen molar-refractivity contribution in [2.75, 3.05) is 19.8 Å². The summed E-state index contributed by atoms with van der Waals surface area (Å²) >= 11 is 1.43. The van der Waals surface area contributed by atoms with Crippen LogP contribution < -0.4 is 20.5 Å². The van der Waals surface area contributed by atoms with Crippen molar-refractivity contribution in [3.63, 3.8) is 0 Å². The van der Waals surface area contributed by atoms with Crippen LogP contribution in [0.25, 0.3) is 10.8 Å². The van der Waals surface area contributed by atoms with Gasteiger partial charge in [0.2, 0.25) is 5.91 Å². The molecule has 9 heteroatoms. The summed E-state index contributed by atoms with van der Waals surface area (Å²) in [6.45, 7) is 3.39. The molecule has 0 saturated carbocycles. The van der Waals surface area contributed by atoms with E-state index in [0.717, 1.165) is 15.3 Å². The van der Waals surface area contributed by atoms with Gasteiger partial charge in [0.25, 0.3) is 5.89 Å². The first-order valence-electron chi connectivity index (χ1n) is 8.90. The highest BCUT2D eigenvalue weighted by atomic mass is 32.1. The lowest BCUT2D eigenvalue weighted by atomic mass is 10.3. The fourth-order valence-corrected chi connectivity index (χ4v) is 3.05. The third-order valence-corrected chi connectivity index (χ3v) is 4.57. The quantitative estimate of drug-likeness (QED) is 0.523. The van der Waals surface area contributed by atoms with Crippen molar-refractivity contribution < 1.29 is 18.7 Å². The first kappa shape index (κ1) is 19.7. The van der Waals surface area contributed by atoms with Gasteiger partial charge in [-0.3, -0.25) is 4.79 Å². The van der Waals surface area contributed by atoms with Crippen LogP contribution in [-0.4, -0.2) is 35.4 Å². The molecule has 0 saturated heterocycles. The molecule has 0 aliphatic carbocycles. The highest BCUT2D eigenvalue weighted by Crippen LogP contribution is 2.21. The van der Waals surface area contributed by atoms with Crippen molar-refractivity contribution in [1.82, 2.24) is 15.1 Å². The molecule has 0 fully saturated rings. The number of nitrogens with zero attached hydrogens (tertiary/aromatic N) is 2. The Morgan fingerprint density at radius 1 is 1.21 bits per heavy atom. The standard InChI is InChI=1S/C19H21N3O5S/c1-2-25-14-5-7-15(8-6-14)26-12-10-20-17(23)9-11-22-19(24)27-18(21-22)16-4-3-13-28-16/h3-8,13H,2,9-12H2,1H3,(H,20,23). The predicted octanol–water partition coefficient (Wildman–Crippen LogP) is 2.55. The normalized spacial score (nSPS) is 10.6. The van der Waals surface area contributed by atoms with Crippen molar-refractivity contribution in [2.24, 2.45) is 0 Å². The summed E-state index contributed by atoms with van der Waals surface area (Å²) in [5.74, 6) is 0.989. The van der Waals surface area contributed by atoms with E-state index in [1.807, 2.05) is 48.7 Å². The van der Waals surface area contributed by atoms with E-state index in [1.165, 1.54) is 11.3 Å². The zero-order valence-corrected chi connectivity index (χ0v) is 16.2. The van der Waals surface area contributed by atoms with E-state index in [9.17, 15) is 9.59 Å². The van der Waals surface area contributed by atoms with Crippen molar-refractivity contribution in [3.05, 3.63) is 52.3 Å². The molecule has 3 rings (SSSR count). The zero-order valence-electron chi connectivity index (χ0n) is 15.4. The number of carbonyl (C=O) groups is 1. The molecule has 28 heavy (non-hydrogen) atoms. The maximum absolute atomic E-state index is 11.9. The molecule has 0 spiro atoms. The summed E-state index contributed by atoms with van der Waals surface area (Å²) in [5.41, 5.74) is 0. The van der Waals surface area contributed by atoms with Crippen LogP contribution in [0, 0.1) is 0 Å². The van der Waals surface area contributed by atoms with Crippen molar-refractivity contribution >= 4 is 17.2 Å². The molecule has 1 N–H and O–H groups in total. The number of hydrogen-bond acceptors (Lipinski definition) is 7. The monoisotopic (exact) mass is 403 g/mol. The van der Waals surface area contributed by atoms with E-state index >= 15 is 0 Å². The van der Waals surface area contributed by atoms with Crippen LogP contribution in [0.5, 0.6) is 11.5 Å². The summed E-state index contributed by atoms with van der Waals surface area (Å²) in [5, 5.41) is 8.73. The van der Waals surface area contributed by atoms with Gasteiger partial charge < -0.3 is 19.2 Å². The van der Waals surface area contributed by atoms with E-state index in [1.54, 1.807) is 0 Å². The SMILES string of the molecule is CCOc1ccc(OCCNC(=O)CCn2nc(-c3cccs3)oc2=O)cc1. The van der Waals surface area contributed by atoms with Crippen LogP contribution in [0.4, 0.5) is 0 Å². The van der Waals surface area contributed by atoms with Gasteiger partial charge in [-0.25, -0.2) is 4.79 Å². The van der Waals surface area contributed by atoms with Gasteiger partial charge in [0.15, 0.2) is 0 Å². The summed E-state index contributed by atoms with van der Waals surface area (Å²) in [6.07, 6.45) is 0.124. The number of hydrogen-bond donors (Lipinski definition) is 1. The fourth-order valence-electron chi connectivity index (χ4n) is 2.40. The zero-order chi connectivity index (χ0) is 19.8. The van der Waals surface area contributed by atoms with Crippen LogP contribution in [0.3, 0.4) is 0 Å². The van der Waals surface area contributed by atoms with Crippen LogP contribution in [0.15, 0.2) is 51.0 Å². The average Bonchev–Trinajstić information content (AvgIpc) is 3.35. The summed E-state index contributed by atoms with van der Waals surface area (Å²) < 4.78 is 17.2. The number of aromatic nitrogens is 2. The van der Waals surface area contributed by atoms with Gasteiger partial charge in [-0.15, -0.1) is 16.4 Å². The first-order valence-corrected chi connectivity index (χ1v) is 9.78. The highest BCUT2D eigenvalue weighted by Gasteiger charge is 2.12. The van der Waals surface area contributed by atoms with Gasteiger partial charge >= 0.3 is 5.76 Å². The molecule has 1 aromatic carbocycles. The van der Waals surface area contributed by atoms with Gasteiger partial charge in [0.1, 0.15) is 18.1 Å². The van der Waals surface area contributed by atoms with Crippen molar-refractivity contribution in [2.45, 2.75) is 19.9 Å². The maximum Gasteiger partial charge on any atom is 0.437 e. The molecule has 2 heterocycles. The number of aryl methyl sites for hydroxylation is 1. The van der Waals surface area contributed by atoms with Gasteiger partial charge in [-0.05, 0) is 42.6 Å². The molecule has 8 nitrogen and oxygen atoms in total. The molecule has 2 aromatic heterocycles. The number of nitrogens with one attached hydrogen (secondary N) is 1. The van der Waals surface area contributed by atoms with E-state index < -0.39 is 5.76 Å². The Morgan fingerprint density at radius 2 is 1.96 bits per heavy atom. The highest BCUT2D eigenvalue weighted by molar-refractivity contribution is 7.13. The van der Waals surface area contributed by atoms with Gasteiger partial charge in [0.05, 0.1) is 24.6 Å². The van der Waals surface area contributed by atoms with Crippen molar-refractivity contribution in [1.29, 1.82) is 0 Å². The van der Waals surface area contributed by atoms with E-state index in [4.69, 9.17) is 13.9 Å². The Labute approximate surface area is 165 Å². The number of carbonyl (C=O) groups excluding carboxylic acids is 1. The Balaban J connectivity index is 1.37. The molecule has 0 aliphatic heterocycles. The number of thiophene rings is 1. The predicted molar refractivity (Wildman–Crippen MR) is 105 cm³/mol. The van der Waals surface area contributed by atoms with Gasteiger partial charge in [-0.1, -0.05) is 6.07 Å². The Kier molecular flexibility index (Phi) is 6.85. The minimum absolute atomic E-state index is 0.124. The molecule has 1 amide bonds. The molecule has 0 atom stereocenters. The topological polar surface area (TPSA) is 95.6 Å². The van der Waals surface area contributed by atoms with Crippen LogP contribution in [0.2, 0.25) is 0 Å². The lowest BCUT2D eigenvalue weighted by Crippen LogP contribution is -2.30. The number of amides is 1. The largest absolute Gasteiger partial charge is 0.494 e. The van der Waals surface area contributed by atoms with Crippen LogP contribution in [-0.2, 0) is 11.3 Å². The lowest BCUT2D eigenvalue weighted by molar-refractivity contribution is -0.121. The average molecular weight is 403 g/mol. The lowest BCUT2D eigenvalue weighted by Gasteiger charge is -2.08. The third-order valence-electron chi connectivity index (χ3n) is 3.72. The van der Waals surface area contributed by atoms with Crippen LogP contribution >= 0.6 is 11.3 Å². The molecule has 0 radical (unpaired) electrons. The van der Waals surface area contributed by atoms with Crippen LogP contribution in [0.1, 0.15) is 13.3 Å². The third kappa shape index (κ3) is 5.46. The minimum atomic E-state index is -0.574. The fraction of sp³-hybridized carbons (Fsp3) is 0.316. The second-order valence-electron chi connectivity index (χ2n) is 5.73. The number of rotatable bonds is 10. The maximum atomic E-state index is 11.9. The summed E-state index contributed by atoms with van der Waals surface area (Å²) in [7, 11) is 0. The Hall–Kier alpha value is -3.07. The Bertz CT molecular complexity index is 931. The molecule has 0 bridgehead atoms. The molecule has 0 aliphatic rings. The second-order valence-corrected chi connectivity index (χ2v) is 6.67. The van der Waals surface area contributed by atoms with Gasteiger partial charge in [0, 0.05) is 6.42 Å². The van der Waals surface area contributed by atoms with Gasteiger partial charge in [-0.2, -0.15) is 4.68 Å². The molecular weight excluding hydrogens is 382 g/mol. The first-order chi connectivity index (χ1) is 13.7. The summed E-state index contributed by atoms with van der Waals surface area (Å²) in [4.78, 5) is 24.5. The van der Waals surface area contributed by atoms with Crippen molar-refractivity contribution in [3.8, 4) is 22.3 Å². The molecule has 0 unspecified atom stereocenters. The number of benzene rings is 1.